The smallest absolute Gasteiger partial charge is 0.332 e. The Kier molecular flexibility index (Phi) is 7.29. The maximum Gasteiger partial charge on any atom is 0.332 e. The minimum Gasteiger partial charge on any atom is -0.479 e. The number of aliphatic hydroxyl groups is 1. The summed E-state index contributed by atoms with van der Waals surface area (Å²) >= 11 is 0. The molecule has 0 bridgehead atoms. The van der Waals surface area contributed by atoms with Gasteiger partial charge in [-0.3, -0.25) is 0 Å². The first kappa shape index (κ1) is 15.7. The van der Waals surface area contributed by atoms with Crippen LogP contribution in [0.1, 0.15) is 27.2 Å². The van der Waals surface area contributed by atoms with Crippen molar-refractivity contribution >= 4 is 12.0 Å². The summed E-state index contributed by atoms with van der Waals surface area (Å²) in [4.78, 5) is 21.6. The second kappa shape index (κ2) is 7.89. The van der Waals surface area contributed by atoms with E-state index in [1.807, 2.05) is 6.92 Å². The highest BCUT2D eigenvalue weighted by Crippen LogP contribution is 2.07. The van der Waals surface area contributed by atoms with Crippen molar-refractivity contribution in [1.82, 2.24) is 10.6 Å². The van der Waals surface area contributed by atoms with Gasteiger partial charge in [-0.1, -0.05) is 20.8 Å². The van der Waals surface area contributed by atoms with Crippen molar-refractivity contribution < 1.29 is 19.8 Å². The van der Waals surface area contributed by atoms with Crippen LogP contribution in [-0.2, 0) is 4.79 Å². The summed E-state index contributed by atoms with van der Waals surface area (Å²) in [6.45, 7) is 6.90. The lowest BCUT2D eigenvalue weighted by atomic mass is 9.98. The third-order valence-electron chi connectivity index (χ3n) is 2.71. The largest absolute Gasteiger partial charge is 0.479 e. The molecule has 100 valence electrons. The van der Waals surface area contributed by atoms with Crippen LogP contribution in [0, 0.1) is 11.8 Å². The molecular weight excluding hydrogens is 224 g/mol. The quantitative estimate of drug-likeness (QED) is 0.523. The first-order chi connectivity index (χ1) is 7.84. The predicted molar refractivity (Wildman–Crippen MR) is 63.7 cm³/mol. The summed E-state index contributed by atoms with van der Waals surface area (Å²) in [5.41, 5.74) is 0. The molecule has 6 nitrogen and oxygen atoms in total. The number of carboxylic acid groups (broad SMARTS) is 1. The molecule has 0 radical (unpaired) electrons. The number of aliphatic hydroxyl groups excluding tert-OH is 1. The van der Waals surface area contributed by atoms with Crippen molar-refractivity contribution in [1.29, 1.82) is 0 Å². The Morgan fingerprint density at radius 3 is 2.24 bits per heavy atom. The average Bonchev–Trinajstić information content (AvgIpc) is 2.25. The van der Waals surface area contributed by atoms with E-state index in [0.717, 1.165) is 0 Å². The Hall–Kier alpha value is -1.30. The van der Waals surface area contributed by atoms with Gasteiger partial charge >= 0.3 is 12.0 Å². The molecule has 2 unspecified atom stereocenters. The molecule has 0 aromatic rings. The lowest BCUT2D eigenvalue weighted by Gasteiger charge is -2.16. The van der Waals surface area contributed by atoms with Gasteiger partial charge in [0.15, 0.2) is 6.10 Å². The molecule has 0 aromatic carbocycles. The fraction of sp³-hybridized carbons (Fsp3) is 0.818. The molecule has 0 fully saturated rings. The number of aliphatic carboxylic acids is 1. The van der Waals surface area contributed by atoms with Crippen LogP contribution in [0.15, 0.2) is 0 Å². The molecule has 0 aromatic heterocycles. The fourth-order valence-corrected chi connectivity index (χ4v) is 0.998. The van der Waals surface area contributed by atoms with E-state index in [4.69, 9.17) is 10.2 Å². The van der Waals surface area contributed by atoms with Gasteiger partial charge in [-0.15, -0.1) is 0 Å². The standard InChI is InChI=1S/C11H22N2O4/c1-7(2)8(3)6-13-11(17)12-5-4-9(14)10(15)16/h7-9,14H,4-6H2,1-3H3,(H,15,16)(H2,12,13,17). The number of hydrogen-bond acceptors (Lipinski definition) is 3. The first-order valence-corrected chi connectivity index (χ1v) is 5.77. The van der Waals surface area contributed by atoms with Crippen LogP contribution in [0.25, 0.3) is 0 Å². The maximum absolute atomic E-state index is 11.3. The van der Waals surface area contributed by atoms with Crippen LogP contribution < -0.4 is 10.6 Å². The van der Waals surface area contributed by atoms with Gasteiger partial charge in [-0.25, -0.2) is 9.59 Å². The zero-order valence-corrected chi connectivity index (χ0v) is 10.6. The summed E-state index contributed by atoms with van der Waals surface area (Å²) in [5.74, 6) is -0.407. The number of hydrogen-bond donors (Lipinski definition) is 4. The van der Waals surface area contributed by atoms with Gasteiger partial charge in [-0.05, 0) is 11.8 Å². The van der Waals surface area contributed by atoms with Crippen LogP contribution in [0.2, 0.25) is 0 Å². The molecule has 6 heteroatoms. The molecule has 0 heterocycles. The third kappa shape index (κ3) is 7.57. The lowest BCUT2D eigenvalue weighted by molar-refractivity contribution is -0.146. The Bertz CT molecular complexity index is 256. The van der Waals surface area contributed by atoms with Crippen molar-refractivity contribution in [2.75, 3.05) is 13.1 Å². The molecule has 0 spiro atoms. The third-order valence-corrected chi connectivity index (χ3v) is 2.71. The summed E-state index contributed by atoms with van der Waals surface area (Å²) in [7, 11) is 0. The summed E-state index contributed by atoms with van der Waals surface area (Å²) in [6, 6.07) is -0.338. The molecular formula is C11H22N2O4. The van der Waals surface area contributed by atoms with E-state index < -0.39 is 12.1 Å². The SMILES string of the molecule is CC(C)C(C)CNC(=O)NCCC(O)C(=O)O. The number of carbonyl (C=O) groups is 2. The summed E-state index contributed by atoms with van der Waals surface area (Å²) in [6.07, 6.45) is -1.42. The van der Waals surface area contributed by atoms with Crippen LogP contribution >= 0.6 is 0 Å². The van der Waals surface area contributed by atoms with Gasteiger partial charge in [0.2, 0.25) is 0 Å². The minimum atomic E-state index is -1.43. The van der Waals surface area contributed by atoms with Gasteiger partial charge in [0.25, 0.3) is 0 Å². The lowest BCUT2D eigenvalue weighted by Crippen LogP contribution is -2.40. The fourth-order valence-electron chi connectivity index (χ4n) is 0.998. The highest BCUT2D eigenvalue weighted by Gasteiger charge is 2.13. The average molecular weight is 246 g/mol. The second-order valence-corrected chi connectivity index (χ2v) is 4.50. The van der Waals surface area contributed by atoms with Crippen LogP contribution in [0.4, 0.5) is 4.79 Å². The van der Waals surface area contributed by atoms with Crippen molar-refractivity contribution in [3.05, 3.63) is 0 Å². The van der Waals surface area contributed by atoms with E-state index in [9.17, 15) is 9.59 Å². The molecule has 0 aliphatic rings. The van der Waals surface area contributed by atoms with Gasteiger partial charge in [0.05, 0.1) is 0 Å². The van der Waals surface area contributed by atoms with Gasteiger partial charge in [0.1, 0.15) is 0 Å². The molecule has 0 saturated carbocycles. The number of urea groups is 1. The second-order valence-electron chi connectivity index (χ2n) is 4.50. The van der Waals surface area contributed by atoms with Crippen LogP contribution in [-0.4, -0.2) is 41.4 Å². The van der Waals surface area contributed by atoms with E-state index in [0.29, 0.717) is 18.4 Å². The van der Waals surface area contributed by atoms with Crippen molar-refractivity contribution in [2.45, 2.75) is 33.3 Å². The highest BCUT2D eigenvalue weighted by molar-refractivity contribution is 5.74. The van der Waals surface area contributed by atoms with Gasteiger partial charge in [0, 0.05) is 19.5 Å². The number of carboxylic acids is 1. The topological polar surface area (TPSA) is 98.7 Å². The van der Waals surface area contributed by atoms with E-state index in [1.165, 1.54) is 0 Å². The molecule has 0 aliphatic carbocycles. The zero-order chi connectivity index (χ0) is 13.4. The number of nitrogens with one attached hydrogen (secondary N) is 2. The van der Waals surface area contributed by atoms with Crippen molar-refractivity contribution in [3.63, 3.8) is 0 Å². The number of carbonyl (C=O) groups excluding carboxylic acids is 1. The monoisotopic (exact) mass is 246 g/mol. The Labute approximate surface area is 101 Å². The summed E-state index contributed by atoms with van der Waals surface area (Å²) < 4.78 is 0. The van der Waals surface area contributed by atoms with E-state index in [-0.39, 0.29) is 19.0 Å². The molecule has 0 saturated heterocycles. The van der Waals surface area contributed by atoms with Crippen molar-refractivity contribution in [2.24, 2.45) is 11.8 Å². The Balaban J connectivity index is 3.64. The van der Waals surface area contributed by atoms with Crippen molar-refractivity contribution in [3.8, 4) is 0 Å². The zero-order valence-electron chi connectivity index (χ0n) is 10.6. The molecule has 2 amide bonds. The van der Waals surface area contributed by atoms with E-state index >= 15 is 0 Å². The molecule has 2 atom stereocenters. The normalized spacial score (nSPS) is 14.2. The predicted octanol–water partition coefficient (Wildman–Crippen LogP) is 0.413. The first-order valence-electron chi connectivity index (χ1n) is 5.77. The van der Waals surface area contributed by atoms with E-state index in [2.05, 4.69) is 24.5 Å². The van der Waals surface area contributed by atoms with Crippen LogP contribution in [0.3, 0.4) is 0 Å². The highest BCUT2D eigenvalue weighted by atomic mass is 16.4. The maximum atomic E-state index is 11.3. The van der Waals surface area contributed by atoms with E-state index in [1.54, 1.807) is 0 Å². The number of amides is 2. The van der Waals surface area contributed by atoms with Gasteiger partial charge in [-0.2, -0.15) is 0 Å². The molecule has 4 N–H and O–H groups in total. The molecule has 17 heavy (non-hydrogen) atoms. The van der Waals surface area contributed by atoms with Gasteiger partial charge < -0.3 is 20.8 Å². The Morgan fingerprint density at radius 2 is 1.76 bits per heavy atom. The minimum absolute atomic E-state index is 0.00247. The van der Waals surface area contributed by atoms with Crippen LogP contribution in [0.5, 0.6) is 0 Å². The number of rotatable bonds is 7. The molecule has 0 aliphatic heterocycles. The summed E-state index contributed by atoms with van der Waals surface area (Å²) in [5, 5.41) is 22.5. The molecule has 0 rings (SSSR count). The Morgan fingerprint density at radius 1 is 1.18 bits per heavy atom.